The van der Waals surface area contributed by atoms with Crippen molar-refractivity contribution in [1.29, 1.82) is 0 Å². The molecule has 0 amide bonds. The van der Waals surface area contributed by atoms with E-state index in [-0.39, 0.29) is 12.4 Å². The van der Waals surface area contributed by atoms with Gasteiger partial charge in [-0.25, -0.2) is 0 Å². The van der Waals surface area contributed by atoms with Gasteiger partial charge in [-0.05, 0) is 21.9 Å². The van der Waals surface area contributed by atoms with Crippen molar-refractivity contribution < 1.29 is 9.90 Å². The molecule has 0 aliphatic carbocycles. The van der Waals surface area contributed by atoms with Gasteiger partial charge in [-0.2, -0.15) is 0 Å². The van der Waals surface area contributed by atoms with E-state index < -0.39 is 0 Å². The second-order valence-electron chi connectivity index (χ2n) is 7.75. The molecule has 0 radical (unpaired) electrons. The van der Waals surface area contributed by atoms with Gasteiger partial charge in [0.25, 0.3) is 0 Å². The lowest BCUT2D eigenvalue weighted by atomic mass is 9.96. The average Bonchev–Trinajstić information content (AvgIpc) is 2.78. The number of benzene rings is 3. The average molecular weight is 389 g/mol. The number of ketones is 1. The number of carbonyl (C=O) groups is 1. The van der Waals surface area contributed by atoms with Gasteiger partial charge >= 0.3 is 0 Å². The van der Waals surface area contributed by atoms with Crippen LogP contribution in [0.4, 0.5) is 0 Å². The Morgan fingerprint density at radius 3 is 2.17 bits per heavy atom. The monoisotopic (exact) mass is 388 g/mol. The number of carbonyl (C=O) groups excluding carboxylic acids is 1. The lowest BCUT2D eigenvalue weighted by Crippen LogP contribution is -2.46. The number of nitrogens with zero attached hydrogens (tertiary/aromatic N) is 2. The lowest BCUT2D eigenvalue weighted by molar-refractivity contribution is 0.0924. The highest BCUT2D eigenvalue weighted by Crippen LogP contribution is 2.24. The predicted molar refractivity (Wildman–Crippen MR) is 117 cm³/mol. The summed E-state index contributed by atoms with van der Waals surface area (Å²) >= 11 is 0. The fourth-order valence-electron chi connectivity index (χ4n) is 4.15. The van der Waals surface area contributed by atoms with Crippen LogP contribution in [-0.4, -0.2) is 53.4 Å². The summed E-state index contributed by atoms with van der Waals surface area (Å²) in [6.45, 7) is 5.87. The smallest absolute Gasteiger partial charge is 0.164 e. The van der Waals surface area contributed by atoms with Crippen molar-refractivity contribution in [3.63, 3.8) is 0 Å². The third kappa shape index (κ3) is 4.73. The minimum atomic E-state index is -0.0117. The fraction of sp³-hybridized carbons (Fsp3) is 0.320. The highest BCUT2D eigenvalue weighted by Gasteiger charge is 2.19. The molecule has 1 saturated heterocycles. The Labute approximate surface area is 172 Å². The Morgan fingerprint density at radius 1 is 0.793 bits per heavy atom. The van der Waals surface area contributed by atoms with E-state index in [9.17, 15) is 9.90 Å². The largest absolute Gasteiger partial charge is 0.392 e. The molecule has 0 atom stereocenters. The topological polar surface area (TPSA) is 43.8 Å². The molecular formula is C25H28N2O2. The molecule has 0 bridgehead atoms. The van der Waals surface area contributed by atoms with Crippen molar-refractivity contribution in [2.75, 3.05) is 32.7 Å². The second kappa shape index (κ2) is 9.31. The number of rotatable bonds is 7. The molecule has 1 aliphatic rings. The maximum atomic E-state index is 12.9. The summed E-state index contributed by atoms with van der Waals surface area (Å²) < 4.78 is 0. The highest BCUT2D eigenvalue weighted by atomic mass is 16.3. The Bertz CT molecular complexity index is 963. The van der Waals surface area contributed by atoms with Gasteiger partial charge in [0.1, 0.15) is 0 Å². The number of Topliss-reactive ketones (excluding diaryl/α,β-unsaturated/α-hetero) is 1. The van der Waals surface area contributed by atoms with Crippen LogP contribution in [0.1, 0.15) is 27.9 Å². The summed E-state index contributed by atoms with van der Waals surface area (Å²) in [6.07, 6.45) is 0.529. The maximum absolute atomic E-state index is 12.9. The molecule has 1 N–H and O–H groups in total. The van der Waals surface area contributed by atoms with Crippen LogP contribution in [0.15, 0.2) is 66.7 Å². The minimum Gasteiger partial charge on any atom is -0.392 e. The molecule has 29 heavy (non-hydrogen) atoms. The van der Waals surface area contributed by atoms with Gasteiger partial charge in [-0.15, -0.1) is 0 Å². The van der Waals surface area contributed by atoms with Crippen molar-refractivity contribution in [2.24, 2.45) is 0 Å². The number of fused-ring (bicyclic) bond motifs is 1. The molecule has 0 unspecified atom stereocenters. The Hall–Kier alpha value is -2.53. The molecule has 4 heteroatoms. The van der Waals surface area contributed by atoms with Crippen LogP contribution >= 0.6 is 0 Å². The van der Waals surface area contributed by atoms with E-state index in [2.05, 4.69) is 40.1 Å². The van der Waals surface area contributed by atoms with E-state index in [0.717, 1.165) is 61.2 Å². The van der Waals surface area contributed by atoms with E-state index in [1.54, 1.807) is 0 Å². The van der Waals surface area contributed by atoms with Crippen molar-refractivity contribution in [3.8, 4) is 0 Å². The van der Waals surface area contributed by atoms with Crippen LogP contribution in [0.3, 0.4) is 0 Å². The maximum Gasteiger partial charge on any atom is 0.164 e. The van der Waals surface area contributed by atoms with E-state index in [1.165, 1.54) is 5.56 Å². The quantitative estimate of drug-likeness (QED) is 0.627. The molecule has 1 heterocycles. The molecule has 3 aromatic rings. The van der Waals surface area contributed by atoms with Crippen molar-refractivity contribution in [2.45, 2.75) is 19.6 Å². The number of aliphatic hydroxyl groups is 1. The molecule has 0 aromatic heterocycles. The summed E-state index contributed by atoms with van der Waals surface area (Å²) in [5, 5.41) is 11.5. The normalized spacial score (nSPS) is 15.6. The molecule has 4 nitrogen and oxygen atoms in total. The summed E-state index contributed by atoms with van der Waals surface area (Å²) in [5.41, 5.74) is 2.99. The van der Waals surface area contributed by atoms with E-state index in [0.29, 0.717) is 6.42 Å². The fourth-order valence-corrected chi connectivity index (χ4v) is 4.15. The summed E-state index contributed by atoms with van der Waals surface area (Å²) in [6, 6.07) is 22.2. The third-order valence-corrected chi connectivity index (χ3v) is 5.85. The van der Waals surface area contributed by atoms with Gasteiger partial charge in [0, 0.05) is 51.3 Å². The van der Waals surface area contributed by atoms with E-state index in [4.69, 9.17) is 0 Å². The van der Waals surface area contributed by atoms with Crippen LogP contribution in [0.25, 0.3) is 10.8 Å². The van der Waals surface area contributed by atoms with E-state index >= 15 is 0 Å². The lowest BCUT2D eigenvalue weighted by Gasteiger charge is -2.34. The van der Waals surface area contributed by atoms with Crippen molar-refractivity contribution in [3.05, 3.63) is 83.4 Å². The van der Waals surface area contributed by atoms with Crippen molar-refractivity contribution in [1.82, 2.24) is 9.80 Å². The van der Waals surface area contributed by atoms with Gasteiger partial charge in [-0.3, -0.25) is 9.69 Å². The summed E-state index contributed by atoms with van der Waals surface area (Å²) in [5.74, 6) is 0.178. The summed E-state index contributed by atoms with van der Waals surface area (Å²) in [4.78, 5) is 17.8. The van der Waals surface area contributed by atoms with Gasteiger partial charge in [0.2, 0.25) is 0 Å². The first kappa shape index (κ1) is 19.8. The van der Waals surface area contributed by atoms with Crippen LogP contribution in [0.2, 0.25) is 0 Å². The van der Waals surface area contributed by atoms with Gasteiger partial charge in [-0.1, -0.05) is 66.7 Å². The summed E-state index contributed by atoms with van der Waals surface area (Å²) in [7, 11) is 0. The number of hydrogen-bond acceptors (Lipinski definition) is 4. The SMILES string of the molecule is O=C(CCN1CCN(Cc2ccccc2)CC1)c1ccc(CO)c2ccccc12. The first-order valence-corrected chi connectivity index (χ1v) is 10.4. The highest BCUT2D eigenvalue weighted by molar-refractivity contribution is 6.08. The Kier molecular flexibility index (Phi) is 6.35. The van der Waals surface area contributed by atoms with Crippen molar-refractivity contribution >= 4 is 16.6 Å². The standard InChI is InChI=1S/C25H28N2O2/c28-19-21-10-11-24(23-9-5-4-8-22(21)23)25(29)12-13-26-14-16-27(17-15-26)18-20-6-2-1-3-7-20/h1-11,28H,12-19H2. The molecule has 1 fully saturated rings. The molecule has 0 saturated carbocycles. The third-order valence-electron chi connectivity index (χ3n) is 5.85. The first-order chi connectivity index (χ1) is 14.2. The number of hydrogen-bond donors (Lipinski definition) is 1. The molecular weight excluding hydrogens is 360 g/mol. The molecule has 0 spiro atoms. The first-order valence-electron chi connectivity index (χ1n) is 10.4. The second-order valence-corrected chi connectivity index (χ2v) is 7.75. The number of aliphatic hydroxyl groups excluding tert-OH is 1. The molecule has 3 aromatic carbocycles. The zero-order valence-electron chi connectivity index (χ0n) is 16.8. The molecule has 4 rings (SSSR count). The number of piperazine rings is 1. The van der Waals surface area contributed by atoms with Crippen LogP contribution in [-0.2, 0) is 13.2 Å². The zero-order chi connectivity index (χ0) is 20.1. The Morgan fingerprint density at radius 2 is 1.45 bits per heavy atom. The van der Waals surface area contributed by atoms with Gasteiger partial charge < -0.3 is 10.0 Å². The van der Waals surface area contributed by atoms with Crippen LogP contribution < -0.4 is 0 Å². The minimum absolute atomic E-state index is 0.0117. The predicted octanol–water partition coefficient (Wildman–Crippen LogP) is 3.72. The van der Waals surface area contributed by atoms with Crippen LogP contribution in [0, 0.1) is 0 Å². The van der Waals surface area contributed by atoms with Gasteiger partial charge in [0.05, 0.1) is 6.61 Å². The van der Waals surface area contributed by atoms with Crippen LogP contribution in [0.5, 0.6) is 0 Å². The molecule has 150 valence electrons. The van der Waals surface area contributed by atoms with E-state index in [1.807, 2.05) is 36.4 Å². The van der Waals surface area contributed by atoms with Gasteiger partial charge in [0.15, 0.2) is 5.78 Å². The Balaban J connectivity index is 1.32. The molecule has 1 aliphatic heterocycles. The zero-order valence-corrected chi connectivity index (χ0v) is 16.8.